The van der Waals surface area contributed by atoms with Crippen LogP contribution in [0.25, 0.3) is 11.1 Å². The fourth-order valence-electron chi connectivity index (χ4n) is 4.15. The largest absolute Gasteiger partial charge is 0.369 e. The SMILES string of the molecule is NC1=NC2(CCCCC2)N(c2ccccc2-c2ccc([N+](=O)[O-])cc2)C(N)=N1. The Bertz CT molecular complexity index is 961. The first-order valence-corrected chi connectivity index (χ1v) is 9.34. The van der Waals surface area contributed by atoms with E-state index in [1.807, 2.05) is 29.2 Å². The summed E-state index contributed by atoms with van der Waals surface area (Å²) in [6.07, 6.45) is 4.93. The molecule has 144 valence electrons. The second-order valence-corrected chi connectivity index (χ2v) is 7.14. The summed E-state index contributed by atoms with van der Waals surface area (Å²) in [7, 11) is 0. The number of anilines is 1. The van der Waals surface area contributed by atoms with Crippen LogP contribution in [0.15, 0.2) is 58.5 Å². The highest BCUT2D eigenvalue weighted by Gasteiger charge is 2.43. The summed E-state index contributed by atoms with van der Waals surface area (Å²) in [6.45, 7) is 0. The summed E-state index contributed by atoms with van der Waals surface area (Å²) < 4.78 is 0. The van der Waals surface area contributed by atoms with E-state index in [2.05, 4.69) is 4.99 Å². The number of nitrogens with zero attached hydrogens (tertiary/aromatic N) is 4. The molecule has 1 fully saturated rings. The lowest BCUT2D eigenvalue weighted by molar-refractivity contribution is -0.384. The first kappa shape index (κ1) is 18.0. The van der Waals surface area contributed by atoms with Gasteiger partial charge in [0, 0.05) is 17.7 Å². The van der Waals surface area contributed by atoms with E-state index >= 15 is 0 Å². The van der Waals surface area contributed by atoms with Gasteiger partial charge in [-0.1, -0.05) is 24.6 Å². The van der Waals surface area contributed by atoms with Gasteiger partial charge in [0.05, 0.1) is 10.6 Å². The first-order chi connectivity index (χ1) is 13.5. The molecule has 4 rings (SSSR count). The summed E-state index contributed by atoms with van der Waals surface area (Å²) in [5.41, 5.74) is 14.5. The van der Waals surface area contributed by atoms with E-state index in [-0.39, 0.29) is 11.6 Å². The minimum Gasteiger partial charge on any atom is -0.369 e. The van der Waals surface area contributed by atoms with Crippen LogP contribution in [0.4, 0.5) is 11.4 Å². The van der Waals surface area contributed by atoms with Crippen LogP contribution in [0.2, 0.25) is 0 Å². The number of nitro groups is 1. The van der Waals surface area contributed by atoms with E-state index in [4.69, 9.17) is 16.5 Å². The molecule has 0 radical (unpaired) electrons. The van der Waals surface area contributed by atoms with Gasteiger partial charge in [0.1, 0.15) is 5.66 Å². The molecule has 0 aromatic heterocycles. The van der Waals surface area contributed by atoms with Crippen LogP contribution in [0.3, 0.4) is 0 Å². The van der Waals surface area contributed by atoms with Crippen LogP contribution < -0.4 is 16.4 Å². The molecule has 2 aliphatic rings. The zero-order chi connectivity index (χ0) is 19.7. The molecule has 8 heteroatoms. The molecule has 2 aromatic carbocycles. The number of nitrogens with two attached hydrogens (primary N) is 2. The van der Waals surface area contributed by atoms with Crippen molar-refractivity contribution in [3.63, 3.8) is 0 Å². The lowest BCUT2D eigenvalue weighted by Gasteiger charge is -2.46. The van der Waals surface area contributed by atoms with Crippen molar-refractivity contribution in [1.82, 2.24) is 0 Å². The molecule has 1 heterocycles. The molecule has 1 aliphatic heterocycles. The van der Waals surface area contributed by atoms with Crippen LogP contribution in [-0.4, -0.2) is 22.5 Å². The number of non-ortho nitro benzene ring substituents is 1. The maximum atomic E-state index is 11.0. The average Bonchev–Trinajstić information content (AvgIpc) is 2.68. The number of para-hydroxylation sites is 1. The van der Waals surface area contributed by atoms with E-state index in [1.54, 1.807) is 12.1 Å². The van der Waals surface area contributed by atoms with Crippen molar-refractivity contribution < 1.29 is 4.92 Å². The van der Waals surface area contributed by atoms with Crippen LogP contribution in [0.5, 0.6) is 0 Å². The number of aliphatic imine (C=N–C) groups is 2. The van der Waals surface area contributed by atoms with Crippen molar-refractivity contribution in [3.05, 3.63) is 58.6 Å². The normalized spacial score (nSPS) is 18.5. The van der Waals surface area contributed by atoms with Gasteiger partial charge in [0.25, 0.3) is 5.69 Å². The molecule has 4 N–H and O–H groups in total. The number of guanidine groups is 2. The molecule has 0 saturated heterocycles. The van der Waals surface area contributed by atoms with Gasteiger partial charge in [-0.25, -0.2) is 4.99 Å². The molecule has 0 unspecified atom stereocenters. The Morgan fingerprint density at radius 3 is 2.36 bits per heavy atom. The van der Waals surface area contributed by atoms with Crippen LogP contribution in [0, 0.1) is 10.1 Å². The van der Waals surface area contributed by atoms with Gasteiger partial charge < -0.3 is 11.5 Å². The van der Waals surface area contributed by atoms with Crippen LogP contribution >= 0.6 is 0 Å². The number of nitro benzene ring substituents is 1. The highest BCUT2D eigenvalue weighted by molar-refractivity contribution is 6.07. The Morgan fingerprint density at radius 2 is 1.68 bits per heavy atom. The van der Waals surface area contributed by atoms with Gasteiger partial charge in [0.15, 0.2) is 0 Å². The Labute approximate surface area is 162 Å². The third kappa shape index (κ3) is 3.06. The minimum absolute atomic E-state index is 0.0569. The van der Waals surface area contributed by atoms with E-state index in [9.17, 15) is 10.1 Å². The van der Waals surface area contributed by atoms with Gasteiger partial charge in [-0.15, -0.1) is 0 Å². The van der Waals surface area contributed by atoms with E-state index < -0.39 is 10.6 Å². The lowest BCUT2D eigenvalue weighted by atomic mass is 9.86. The average molecular weight is 378 g/mol. The molecule has 1 spiro atoms. The second kappa shape index (κ2) is 6.95. The van der Waals surface area contributed by atoms with Crippen molar-refractivity contribution in [3.8, 4) is 11.1 Å². The van der Waals surface area contributed by atoms with Crippen LogP contribution in [-0.2, 0) is 0 Å². The van der Waals surface area contributed by atoms with Crippen molar-refractivity contribution in [2.75, 3.05) is 4.90 Å². The Balaban J connectivity index is 1.82. The standard InChI is InChI=1S/C20H22N6O2/c21-18-23-19(22)25(20(24-18)12-4-1-5-13-20)17-7-3-2-6-16(17)14-8-10-15(11-9-14)26(27)28/h2-3,6-11H,1,4-5,12-13H2,(H4,21,22,23,24). The minimum atomic E-state index is -0.537. The molecule has 0 atom stereocenters. The van der Waals surface area contributed by atoms with Gasteiger partial charge in [-0.2, -0.15) is 4.99 Å². The third-order valence-electron chi connectivity index (χ3n) is 5.39. The fourth-order valence-corrected chi connectivity index (χ4v) is 4.15. The maximum Gasteiger partial charge on any atom is 0.269 e. The molecule has 1 aliphatic carbocycles. The number of benzene rings is 2. The summed E-state index contributed by atoms with van der Waals surface area (Å²) in [6, 6.07) is 14.3. The highest BCUT2D eigenvalue weighted by atomic mass is 16.6. The van der Waals surface area contributed by atoms with Crippen molar-refractivity contribution >= 4 is 23.3 Å². The Kier molecular flexibility index (Phi) is 4.46. The maximum absolute atomic E-state index is 11.0. The number of rotatable bonds is 3. The molecule has 28 heavy (non-hydrogen) atoms. The monoisotopic (exact) mass is 378 g/mol. The summed E-state index contributed by atoms with van der Waals surface area (Å²) in [4.78, 5) is 21.5. The van der Waals surface area contributed by atoms with E-state index in [1.165, 1.54) is 12.1 Å². The van der Waals surface area contributed by atoms with Crippen molar-refractivity contribution in [2.24, 2.45) is 21.5 Å². The second-order valence-electron chi connectivity index (χ2n) is 7.14. The van der Waals surface area contributed by atoms with Gasteiger partial charge in [-0.3, -0.25) is 15.0 Å². The molecular weight excluding hydrogens is 356 g/mol. The third-order valence-corrected chi connectivity index (χ3v) is 5.39. The molecule has 8 nitrogen and oxygen atoms in total. The predicted octanol–water partition coefficient (Wildman–Crippen LogP) is 3.37. The number of hydrogen-bond donors (Lipinski definition) is 2. The smallest absolute Gasteiger partial charge is 0.269 e. The summed E-state index contributed by atoms with van der Waals surface area (Å²) in [5, 5.41) is 11.0. The Morgan fingerprint density at radius 1 is 1.00 bits per heavy atom. The van der Waals surface area contributed by atoms with E-state index in [0.29, 0.717) is 5.96 Å². The first-order valence-electron chi connectivity index (χ1n) is 9.34. The van der Waals surface area contributed by atoms with Gasteiger partial charge in [-0.05, 0) is 49.4 Å². The van der Waals surface area contributed by atoms with Gasteiger partial charge >= 0.3 is 0 Å². The van der Waals surface area contributed by atoms with Crippen molar-refractivity contribution in [1.29, 1.82) is 0 Å². The lowest BCUT2D eigenvalue weighted by Crippen LogP contribution is -2.58. The summed E-state index contributed by atoms with van der Waals surface area (Å²) >= 11 is 0. The fraction of sp³-hybridized carbons (Fsp3) is 0.300. The summed E-state index contributed by atoms with van der Waals surface area (Å²) in [5.74, 6) is 0.534. The van der Waals surface area contributed by atoms with E-state index in [0.717, 1.165) is 48.9 Å². The highest BCUT2D eigenvalue weighted by Crippen LogP contribution is 2.42. The number of hydrogen-bond acceptors (Lipinski definition) is 7. The van der Waals surface area contributed by atoms with Gasteiger partial charge in [0.2, 0.25) is 11.9 Å². The van der Waals surface area contributed by atoms with Crippen molar-refractivity contribution in [2.45, 2.75) is 37.8 Å². The zero-order valence-corrected chi connectivity index (χ0v) is 15.4. The molecule has 0 bridgehead atoms. The predicted molar refractivity (Wildman–Crippen MR) is 110 cm³/mol. The molecule has 1 saturated carbocycles. The Hall–Kier alpha value is -3.42. The van der Waals surface area contributed by atoms with Crippen LogP contribution in [0.1, 0.15) is 32.1 Å². The molecule has 2 aromatic rings. The molecule has 0 amide bonds. The topological polar surface area (TPSA) is 123 Å². The zero-order valence-electron chi connectivity index (χ0n) is 15.4. The quantitative estimate of drug-likeness (QED) is 0.626. The molecular formula is C20H22N6O2.